The van der Waals surface area contributed by atoms with Crippen LogP contribution in [0.5, 0.6) is 0 Å². The highest BCUT2D eigenvalue weighted by atomic mass is 32.2. The Hall–Kier alpha value is -2.20. The van der Waals surface area contributed by atoms with Gasteiger partial charge in [-0.2, -0.15) is 0 Å². The SMILES string of the molecule is CC#Cc1ccc2sc3ccc(C4CS(=O)[C@@]5(CCOC5)C(N)=N4)cc3c2c1. The van der Waals surface area contributed by atoms with Crippen molar-refractivity contribution in [1.82, 2.24) is 0 Å². The van der Waals surface area contributed by atoms with Gasteiger partial charge in [0, 0.05) is 43.1 Å². The molecular formula is C22H20N2O2S2. The number of nitrogens with two attached hydrogens (primary N) is 1. The summed E-state index contributed by atoms with van der Waals surface area (Å²) in [6.45, 7) is 2.86. The van der Waals surface area contributed by atoms with Gasteiger partial charge in [0.05, 0.1) is 18.4 Å². The summed E-state index contributed by atoms with van der Waals surface area (Å²) < 4.78 is 20.4. The summed E-state index contributed by atoms with van der Waals surface area (Å²) in [6.07, 6.45) is 0.692. The maximum atomic E-state index is 13.0. The van der Waals surface area contributed by atoms with Crippen molar-refractivity contribution >= 4 is 48.1 Å². The van der Waals surface area contributed by atoms with Gasteiger partial charge in [-0.3, -0.25) is 9.20 Å². The number of hydrogen-bond donors (Lipinski definition) is 1. The highest BCUT2D eigenvalue weighted by Crippen LogP contribution is 2.39. The first kappa shape index (κ1) is 17.9. The van der Waals surface area contributed by atoms with E-state index in [0.717, 1.165) is 11.1 Å². The third-order valence-corrected chi connectivity index (χ3v) is 8.81. The molecule has 6 heteroatoms. The molecule has 0 bridgehead atoms. The van der Waals surface area contributed by atoms with Crippen LogP contribution in [0.2, 0.25) is 0 Å². The summed E-state index contributed by atoms with van der Waals surface area (Å²) in [5, 5.41) is 2.40. The molecule has 3 atom stereocenters. The summed E-state index contributed by atoms with van der Waals surface area (Å²) in [4.78, 5) is 4.76. The molecule has 1 aromatic heterocycles. The Morgan fingerprint density at radius 2 is 2.04 bits per heavy atom. The van der Waals surface area contributed by atoms with Gasteiger partial charge in [-0.05, 0) is 49.2 Å². The van der Waals surface area contributed by atoms with Crippen LogP contribution in [-0.2, 0) is 15.5 Å². The first-order valence-electron chi connectivity index (χ1n) is 9.30. The number of amidine groups is 1. The lowest BCUT2D eigenvalue weighted by Crippen LogP contribution is -2.52. The zero-order valence-corrected chi connectivity index (χ0v) is 17.2. The van der Waals surface area contributed by atoms with E-state index >= 15 is 0 Å². The first-order chi connectivity index (χ1) is 13.6. The molecule has 28 heavy (non-hydrogen) atoms. The largest absolute Gasteiger partial charge is 0.386 e. The van der Waals surface area contributed by atoms with Gasteiger partial charge in [0.25, 0.3) is 0 Å². The van der Waals surface area contributed by atoms with Crippen molar-refractivity contribution < 1.29 is 8.95 Å². The molecule has 2 N–H and O–H groups in total. The monoisotopic (exact) mass is 408 g/mol. The molecular weight excluding hydrogens is 388 g/mol. The van der Waals surface area contributed by atoms with E-state index in [9.17, 15) is 4.21 Å². The van der Waals surface area contributed by atoms with Crippen molar-refractivity contribution in [2.24, 2.45) is 10.7 Å². The third kappa shape index (κ3) is 2.69. The van der Waals surface area contributed by atoms with Crippen LogP contribution in [0.4, 0.5) is 0 Å². The van der Waals surface area contributed by atoms with Crippen molar-refractivity contribution in [3.05, 3.63) is 47.5 Å². The van der Waals surface area contributed by atoms with Crippen molar-refractivity contribution in [3.8, 4) is 11.8 Å². The zero-order chi connectivity index (χ0) is 19.3. The Bertz CT molecular complexity index is 1210. The van der Waals surface area contributed by atoms with E-state index in [1.165, 1.54) is 20.2 Å². The van der Waals surface area contributed by atoms with E-state index in [-0.39, 0.29) is 6.04 Å². The fourth-order valence-corrected chi connectivity index (χ4v) is 6.82. The summed E-state index contributed by atoms with van der Waals surface area (Å²) in [6, 6.07) is 12.6. The topological polar surface area (TPSA) is 64.7 Å². The molecule has 4 nitrogen and oxygen atoms in total. The van der Waals surface area contributed by atoms with Crippen LogP contribution in [0.15, 0.2) is 41.4 Å². The van der Waals surface area contributed by atoms with Crippen molar-refractivity contribution in [2.75, 3.05) is 19.0 Å². The minimum Gasteiger partial charge on any atom is -0.386 e. The van der Waals surface area contributed by atoms with Gasteiger partial charge in [-0.1, -0.05) is 12.0 Å². The highest BCUT2D eigenvalue weighted by molar-refractivity contribution is 7.87. The van der Waals surface area contributed by atoms with Crippen molar-refractivity contribution in [2.45, 2.75) is 24.1 Å². The smallest absolute Gasteiger partial charge is 0.128 e. The van der Waals surface area contributed by atoms with Crippen LogP contribution in [0.3, 0.4) is 0 Å². The van der Waals surface area contributed by atoms with Gasteiger partial charge in [-0.25, -0.2) is 0 Å². The van der Waals surface area contributed by atoms with E-state index in [1.54, 1.807) is 11.3 Å². The maximum absolute atomic E-state index is 13.0. The van der Waals surface area contributed by atoms with Gasteiger partial charge in [0.2, 0.25) is 0 Å². The summed E-state index contributed by atoms with van der Waals surface area (Å²) >= 11 is 1.77. The molecule has 0 amide bonds. The second kappa shape index (κ2) is 6.70. The molecule has 3 aromatic rings. The number of thiophene rings is 1. The minimum atomic E-state index is -1.09. The summed E-state index contributed by atoms with van der Waals surface area (Å²) in [5.74, 6) is 7.07. The number of ether oxygens (including phenoxy) is 1. The van der Waals surface area contributed by atoms with Gasteiger partial charge in [0.15, 0.2) is 0 Å². The number of hydrogen-bond acceptors (Lipinski definition) is 5. The average Bonchev–Trinajstić information content (AvgIpc) is 3.32. The Kier molecular flexibility index (Phi) is 4.27. The summed E-state index contributed by atoms with van der Waals surface area (Å²) in [7, 11) is -1.09. The third-order valence-electron chi connectivity index (χ3n) is 5.64. The molecule has 1 fully saturated rings. The van der Waals surface area contributed by atoms with E-state index in [0.29, 0.717) is 31.2 Å². The molecule has 2 aromatic carbocycles. The predicted octanol–water partition coefficient (Wildman–Crippen LogP) is 3.75. The van der Waals surface area contributed by atoms with Crippen molar-refractivity contribution in [1.29, 1.82) is 0 Å². The quantitative estimate of drug-likeness (QED) is 0.624. The van der Waals surface area contributed by atoms with Crippen LogP contribution < -0.4 is 5.73 Å². The fourth-order valence-electron chi connectivity index (χ4n) is 4.07. The number of benzene rings is 2. The molecule has 0 saturated carbocycles. The lowest BCUT2D eigenvalue weighted by atomic mass is 10.0. The molecule has 2 unspecified atom stereocenters. The number of aliphatic imine (C=N–C) groups is 1. The molecule has 1 saturated heterocycles. The lowest BCUT2D eigenvalue weighted by molar-refractivity contribution is 0.195. The summed E-state index contributed by atoms with van der Waals surface area (Å²) in [5.41, 5.74) is 8.37. The van der Waals surface area contributed by atoms with Crippen LogP contribution in [-0.4, -0.2) is 33.8 Å². The molecule has 0 radical (unpaired) electrons. The number of rotatable bonds is 1. The Labute approximate surface area is 170 Å². The molecule has 0 aliphatic carbocycles. The highest BCUT2D eigenvalue weighted by Gasteiger charge is 2.48. The molecule has 5 rings (SSSR count). The molecule has 3 heterocycles. The van der Waals surface area contributed by atoms with Crippen LogP contribution in [0.25, 0.3) is 20.2 Å². The molecule has 2 aliphatic rings. The second-order valence-corrected chi connectivity index (χ2v) is 10.2. The minimum absolute atomic E-state index is 0.176. The second-order valence-electron chi connectivity index (χ2n) is 7.28. The van der Waals surface area contributed by atoms with E-state index in [2.05, 4.69) is 48.2 Å². The maximum Gasteiger partial charge on any atom is 0.128 e. The van der Waals surface area contributed by atoms with Gasteiger partial charge >= 0.3 is 0 Å². The molecule has 2 aliphatic heterocycles. The lowest BCUT2D eigenvalue weighted by Gasteiger charge is -2.32. The first-order valence-corrected chi connectivity index (χ1v) is 11.4. The normalized spacial score (nSPS) is 27.1. The Balaban J connectivity index is 1.60. The Morgan fingerprint density at radius 1 is 1.25 bits per heavy atom. The van der Waals surface area contributed by atoms with E-state index in [4.69, 9.17) is 15.5 Å². The van der Waals surface area contributed by atoms with Crippen molar-refractivity contribution in [3.63, 3.8) is 0 Å². The van der Waals surface area contributed by atoms with Gasteiger partial charge in [-0.15, -0.1) is 17.3 Å². The number of nitrogens with zero attached hydrogens (tertiary/aromatic N) is 1. The molecule has 1 spiro atoms. The molecule has 142 valence electrons. The predicted molar refractivity (Wildman–Crippen MR) is 117 cm³/mol. The van der Waals surface area contributed by atoms with E-state index in [1.807, 2.05) is 6.92 Å². The number of fused-ring (bicyclic) bond motifs is 3. The van der Waals surface area contributed by atoms with Crippen LogP contribution in [0.1, 0.15) is 30.5 Å². The van der Waals surface area contributed by atoms with Crippen LogP contribution in [0, 0.1) is 11.8 Å². The van der Waals surface area contributed by atoms with Gasteiger partial charge in [0.1, 0.15) is 10.6 Å². The fraction of sp³-hybridized carbons (Fsp3) is 0.318. The van der Waals surface area contributed by atoms with Gasteiger partial charge < -0.3 is 10.5 Å². The Morgan fingerprint density at radius 3 is 2.75 bits per heavy atom. The van der Waals surface area contributed by atoms with E-state index < -0.39 is 15.5 Å². The zero-order valence-electron chi connectivity index (χ0n) is 15.5. The van der Waals surface area contributed by atoms with Crippen LogP contribution >= 0.6 is 11.3 Å². The average molecular weight is 409 g/mol. The standard InChI is InChI=1S/C22H20N2O2S2/c1-2-3-14-4-6-19-16(10-14)17-11-15(5-7-20(17)27-19)18-12-28(25)22(21(23)24-18)8-9-26-13-22/h4-7,10-11,18H,8-9,12-13H2,1H3,(H2,23,24)/t18?,22-,28?/m1/s1.